The van der Waals surface area contributed by atoms with Crippen LogP contribution in [0.4, 0.5) is 0 Å². The molecule has 0 saturated carbocycles. The van der Waals surface area contributed by atoms with Gasteiger partial charge >= 0.3 is 22.8 Å². The Bertz CT molecular complexity index is 1740. The Morgan fingerprint density at radius 3 is 1.43 bits per heavy atom. The monoisotopic (exact) mass is 1520 g/mol. The van der Waals surface area contributed by atoms with Gasteiger partial charge in [-0.2, -0.15) is 0 Å². The molecule has 0 bridgehead atoms. The molecule has 1 aliphatic rings. The van der Waals surface area contributed by atoms with E-state index in [-0.39, 0.29) is 13.6 Å². The van der Waals surface area contributed by atoms with Crippen molar-refractivity contribution >= 4 is 268 Å². The van der Waals surface area contributed by atoms with Crippen LogP contribution in [0.25, 0.3) is 0 Å². The molecule has 2 aromatic carbocycles. The smallest absolute Gasteiger partial charge is 0.397 e. The van der Waals surface area contributed by atoms with Crippen LogP contribution in [0.5, 0.6) is 0 Å². The predicted molar refractivity (Wildman–Crippen MR) is 287 cm³/mol. The average molecular weight is 1530 g/mol. The molecule has 1 aliphatic heterocycles. The summed E-state index contributed by atoms with van der Waals surface area (Å²) >= 11 is 99.1. The van der Waals surface area contributed by atoms with Gasteiger partial charge in [-0.25, -0.2) is 4.79 Å². The van der Waals surface area contributed by atoms with Gasteiger partial charge in [-0.05, 0) is 63.9 Å². The van der Waals surface area contributed by atoms with Crippen molar-refractivity contribution in [2.45, 2.75) is 35.5 Å². The third-order valence-corrected chi connectivity index (χ3v) is 12.7. The van der Waals surface area contributed by atoms with Gasteiger partial charge in [0.1, 0.15) is 24.5 Å². The standard InChI is InChI=1S/C14H10O4.C4H4Br2Cl4.C4H2BrCl3.C4H4Cl4.C4HCl3N2O4.C2H2Cl2.Br2/c15-13(11-7-3-1-4-8-11)16-14(17-18-14)12-9-5-2-6-10-12;5-1(3(6)8)2(7)4(9)10;5-3(6)1-2-4(7)8;5-2-1-3(6)4(7)8;5-3(9(12)13)1-2(4(6)7)8(10)11;3-1-2-4;1-2/h1-10H;1-4H;1-2H;1-4H;1H;1-2H;/b;;;;3-1+;;. The minimum absolute atomic E-state index is 0.143. The van der Waals surface area contributed by atoms with Gasteiger partial charge < -0.3 is 4.74 Å². The van der Waals surface area contributed by atoms with Gasteiger partial charge in [0.15, 0.2) is 4.49 Å². The third-order valence-electron chi connectivity index (χ3n) is 5.09. The summed E-state index contributed by atoms with van der Waals surface area (Å²) in [4.78, 5) is 38.3. The van der Waals surface area contributed by atoms with Crippen molar-refractivity contribution in [1.29, 1.82) is 0 Å². The van der Waals surface area contributed by atoms with Crippen molar-refractivity contribution in [3.05, 3.63) is 157 Å². The summed E-state index contributed by atoms with van der Waals surface area (Å²) in [5.74, 6) is -1.87. The number of nitro groups is 2. The van der Waals surface area contributed by atoms with Crippen LogP contribution < -0.4 is 0 Å². The molecule has 63 heavy (non-hydrogen) atoms. The lowest BCUT2D eigenvalue weighted by molar-refractivity contribution is -0.427. The number of carbonyl (C=O) groups is 1. The minimum atomic E-state index is -1.38. The van der Waals surface area contributed by atoms with E-state index in [1.54, 1.807) is 36.4 Å². The molecule has 4 unspecified atom stereocenters. The van der Waals surface area contributed by atoms with Crippen LogP contribution in [-0.2, 0) is 20.5 Å². The first-order chi connectivity index (χ1) is 29.3. The molecule has 0 aliphatic carbocycles. The van der Waals surface area contributed by atoms with Crippen LogP contribution in [0.15, 0.2) is 125 Å². The molecule has 1 saturated heterocycles. The highest BCUT2D eigenvalue weighted by molar-refractivity contribution is 9.93. The Kier molecular flexibility index (Phi) is 50.1. The van der Waals surface area contributed by atoms with Crippen molar-refractivity contribution in [1.82, 2.24) is 0 Å². The zero-order valence-corrected chi connectivity index (χ0v) is 49.9. The van der Waals surface area contributed by atoms with E-state index in [0.717, 1.165) is 0 Å². The van der Waals surface area contributed by atoms with Crippen molar-refractivity contribution < 1.29 is 29.2 Å². The SMILES string of the molecule is BrBr.ClC(Cl)=CC=C(Cl)Br.ClC(Cl)C(Cl)C(Br)C(Cl)Br.ClC=CC(Cl)C(Cl)Cl.ClC=CCl.O=C(OC1(c2ccccc2)OO1)c1ccccc1.O=[N+]([O-])C(/C=C(\Cl)[N+](=O)[O-])=C(Cl)Cl. The van der Waals surface area contributed by atoms with E-state index in [2.05, 4.69) is 76.0 Å². The number of allylic oxidation sites excluding steroid dienone is 4. The van der Waals surface area contributed by atoms with Gasteiger partial charge in [0.2, 0.25) is 0 Å². The maximum Gasteiger partial charge on any atom is 0.412 e. The molecule has 31 heteroatoms. The van der Waals surface area contributed by atoms with E-state index < -0.39 is 57.6 Å². The first-order valence-corrected chi connectivity index (χ1v) is 27.8. The molecule has 0 N–H and O–H groups in total. The molecule has 4 atom stereocenters. The van der Waals surface area contributed by atoms with Crippen molar-refractivity contribution in [3.63, 3.8) is 0 Å². The van der Waals surface area contributed by atoms with Crippen LogP contribution in [0.1, 0.15) is 15.9 Å². The van der Waals surface area contributed by atoms with Crippen molar-refractivity contribution in [3.8, 4) is 0 Å². The molecule has 0 spiro atoms. The molecule has 0 aromatic heterocycles. The Hall–Kier alpha value is 2.11. The van der Waals surface area contributed by atoms with E-state index in [0.29, 0.717) is 21.1 Å². The highest BCUT2D eigenvalue weighted by Crippen LogP contribution is 2.42. The van der Waals surface area contributed by atoms with E-state index in [1.165, 1.54) is 34.8 Å². The van der Waals surface area contributed by atoms with Gasteiger partial charge in [0.05, 0.1) is 40.5 Å². The molecule has 10 nitrogen and oxygen atoms in total. The van der Waals surface area contributed by atoms with Gasteiger partial charge in [-0.1, -0.05) is 167 Å². The summed E-state index contributed by atoms with van der Waals surface area (Å²) in [7, 11) is 0. The first-order valence-electron chi connectivity index (χ1n) is 14.8. The maximum atomic E-state index is 11.9. The molecule has 3 rings (SSSR count). The lowest BCUT2D eigenvalue weighted by atomic mass is 10.2. The number of nitrogens with zero attached hydrogens (tertiary/aromatic N) is 2. The molecule has 2 aromatic rings. The van der Waals surface area contributed by atoms with Crippen LogP contribution in [0, 0.1) is 20.2 Å². The van der Waals surface area contributed by atoms with Crippen LogP contribution in [0.3, 0.4) is 0 Å². The highest BCUT2D eigenvalue weighted by atomic mass is 80.9. The van der Waals surface area contributed by atoms with Crippen LogP contribution >= 0.6 is 262 Å². The van der Waals surface area contributed by atoms with Gasteiger partial charge in [-0.15, -0.1) is 91.0 Å². The predicted octanol–water partition coefficient (Wildman–Crippen LogP) is 19.6. The third kappa shape index (κ3) is 39.5. The summed E-state index contributed by atoms with van der Waals surface area (Å²) in [6.45, 7) is 0. The van der Waals surface area contributed by atoms with Crippen LogP contribution in [0.2, 0.25) is 0 Å². The maximum absolute atomic E-state index is 11.9. The molecule has 1 fully saturated rings. The van der Waals surface area contributed by atoms with E-state index in [9.17, 15) is 25.0 Å². The normalized spacial score (nSPS) is 14.2. The number of alkyl halides is 9. The molecule has 0 radical (unpaired) electrons. The number of hydrogen-bond donors (Lipinski definition) is 0. The Labute approximate surface area is 482 Å². The quantitative estimate of drug-likeness (QED) is 0.0299. The number of halogens is 21. The summed E-state index contributed by atoms with van der Waals surface area (Å²) in [5, 5.41) is 18.4. The molecule has 356 valence electrons. The zero-order chi connectivity index (χ0) is 49.9. The number of benzene rings is 2. The fourth-order valence-electron chi connectivity index (χ4n) is 2.52. The second-order valence-electron chi connectivity index (χ2n) is 9.29. The number of carbonyl (C=O) groups excluding carboxylic acids is 1. The van der Waals surface area contributed by atoms with E-state index in [4.69, 9.17) is 200 Å². The van der Waals surface area contributed by atoms with E-state index >= 15 is 0 Å². The number of hydrogen-bond acceptors (Lipinski definition) is 8. The van der Waals surface area contributed by atoms with Gasteiger partial charge in [0.25, 0.3) is 0 Å². The molecule has 0 amide bonds. The lowest BCUT2D eigenvalue weighted by Gasteiger charge is -2.17. The van der Waals surface area contributed by atoms with Crippen molar-refractivity contribution in [2.24, 2.45) is 0 Å². The Morgan fingerprint density at radius 1 is 0.714 bits per heavy atom. The van der Waals surface area contributed by atoms with Gasteiger partial charge in [0, 0.05) is 44.9 Å². The summed E-state index contributed by atoms with van der Waals surface area (Å²) in [6.07, 6.45) is 4.97. The lowest BCUT2D eigenvalue weighted by Crippen LogP contribution is -2.26. The summed E-state index contributed by atoms with van der Waals surface area (Å²) in [6, 6.07) is 17.7. The topological polar surface area (TPSA) is 138 Å². The minimum Gasteiger partial charge on any atom is -0.397 e. The Balaban J connectivity index is -0.000000347. The van der Waals surface area contributed by atoms with Crippen molar-refractivity contribution in [2.75, 3.05) is 0 Å². The second-order valence-corrected chi connectivity index (χ2v) is 20.5. The fraction of sp³-hybridized carbons (Fsp3) is 0.219. The fourth-order valence-corrected chi connectivity index (χ4v) is 5.52. The Morgan fingerprint density at radius 2 is 1.17 bits per heavy atom. The summed E-state index contributed by atoms with van der Waals surface area (Å²) in [5.41, 5.74) is 4.03. The van der Waals surface area contributed by atoms with E-state index in [1.807, 2.05) is 24.3 Å². The van der Waals surface area contributed by atoms with Crippen LogP contribution in [-0.4, -0.2) is 45.4 Å². The number of ether oxygens (including phenoxy) is 1. The molecule has 1 heterocycles. The van der Waals surface area contributed by atoms with Gasteiger partial charge in [-0.3, -0.25) is 20.2 Å². The second kappa shape index (κ2) is 44.1. The average Bonchev–Trinajstić information content (AvgIpc) is 4.03. The largest absolute Gasteiger partial charge is 0.412 e. The number of rotatable bonds is 12. The summed E-state index contributed by atoms with van der Waals surface area (Å²) < 4.78 is 4.92. The highest BCUT2D eigenvalue weighted by Gasteiger charge is 2.56. The molecular weight excluding hydrogens is 1510 g/mol. The first kappa shape index (κ1) is 71.7. The molecular formula is C32H23Br5Cl16N2O8. The number of esters is 1. The zero-order valence-electron chi connectivity index (χ0n) is 29.9.